The van der Waals surface area contributed by atoms with Gasteiger partial charge < -0.3 is 10.1 Å². The topological polar surface area (TPSA) is 67.4 Å². The highest BCUT2D eigenvalue weighted by atomic mass is 32.2. The van der Waals surface area contributed by atoms with Crippen LogP contribution >= 0.6 is 0 Å². The normalized spacial score (nSPS) is 10.9. The van der Waals surface area contributed by atoms with Gasteiger partial charge in [0.2, 0.25) is 10.0 Å². The molecule has 0 spiro atoms. The van der Waals surface area contributed by atoms with E-state index in [-0.39, 0.29) is 0 Å². The number of sulfonamides is 1. The first-order valence-corrected chi connectivity index (χ1v) is 6.19. The molecule has 0 aliphatic rings. The molecule has 84 valence electrons. The predicted octanol–water partition coefficient (Wildman–Crippen LogP) is 1.11. The van der Waals surface area contributed by atoms with Crippen molar-refractivity contribution >= 4 is 21.4 Å². The summed E-state index contributed by atoms with van der Waals surface area (Å²) in [5.74, 6) is 0.589. The molecule has 0 aliphatic carbocycles. The Morgan fingerprint density at radius 3 is 2.47 bits per heavy atom. The van der Waals surface area contributed by atoms with Gasteiger partial charge in [0.05, 0.1) is 24.7 Å². The third kappa shape index (κ3) is 3.32. The Labute approximate surface area is 89.5 Å². The summed E-state index contributed by atoms with van der Waals surface area (Å²) >= 11 is 0. The van der Waals surface area contributed by atoms with Gasteiger partial charge in [0.1, 0.15) is 5.75 Å². The van der Waals surface area contributed by atoms with E-state index in [1.54, 1.807) is 25.2 Å². The maximum absolute atomic E-state index is 11.0. The van der Waals surface area contributed by atoms with Crippen LogP contribution in [0.3, 0.4) is 0 Å². The molecular formula is C9H14N2O3S. The van der Waals surface area contributed by atoms with Crippen molar-refractivity contribution in [3.63, 3.8) is 0 Å². The van der Waals surface area contributed by atoms with Gasteiger partial charge in [0, 0.05) is 13.1 Å². The van der Waals surface area contributed by atoms with Crippen molar-refractivity contribution in [1.29, 1.82) is 0 Å². The molecule has 0 saturated carbocycles. The SMILES string of the molecule is CNc1ccc(NS(C)(=O)=O)cc1OC. The maximum Gasteiger partial charge on any atom is 0.229 e. The second-order valence-electron chi connectivity index (χ2n) is 3.04. The van der Waals surface area contributed by atoms with E-state index in [1.165, 1.54) is 7.11 Å². The fourth-order valence-electron chi connectivity index (χ4n) is 1.18. The van der Waals surface area contributed by atoms with E-state index in [9.17, 15) is 8.42 Å². The van der Waals surface area contributed by atoms with Crippen LogP contribution in [0.1, 0.15) is 0 Å². The second-order valence-corrected chi connectivity index (χ2v) is 4.79. The van der Waals surface area contributed by atoms with Crippen molar-refractivity contribution in [2.75, 3.05) is 30.5 Å². The fourth-order valence-corrected chi connectivity index (χ4v) is 1.73. The lowest BCUT2D eigenvalue weighted by atomic mass is 10.2. The van der Waals surface area contributed by atoms with Crippen molar-refractivity contribution in [3.05, 3.63) is 18.2 Å². The molecule has 1 aromatic carbocycles. The number of benzene rings is 1. The van der Waals surface area contributed by atoms with Crippen LogP contribution < -0.4 is 14.8 Å². The molecule has 0 saturated heterocycles. The molecular weight excluding hydrogens is 216 g/mol. The van der Waals surface area contributed by atoms with Gasteiger partial charge in [-0.1, -0.05) is 0 Å². The van der Waals surface area contributed by atoms with Crippen LogP contribution in [-0.4, -0.2) is 28.8 Å². The Kier molecular flexibility index (Phi) is 3.41. The van der Waals surface area contributed by atoms with E-state index in [0.29, 0.717) is 11.4 Å². The summed E-state index contributed by atoms with van der Waals surface area (Å²) < 4.78 is 29.4. The molecule has 0 unspecified atom stereocenters. The molecule has 0 fully saturated rings. The average Bonchev–Trinajstić information content (AvgIpc) is 2.15. The van der Waals surface area contributed by atoms with Crippen LogP contribution in [-0.2, 0) is 10.0 Å². The van der Waals surface area contributed by atoms with Gasteiger partial charge >= 0.3 is 0 Å². The molecule has 6 heteroatoms. The van der Waals surface area contributed by atoms with Gasteiger partial charge in [-0.05, 0) is 12.1 Å². The first-order chi connectivity index (χ1) is 6.96. The highest BCUT2D eigenvalue weighted by Gasteiger charge is 2.05. The summed E-state index contributed by atoms with van der Waals surface area (Å²) in [7, 11) is 0.0459. The first kappa shape index (κ1) is 11.6. The average molecular weight is 230 g/mol. The molecule has 15 heavy (non-hydrogen) atoms. The smallest absolute Gasteiger partial charge is 0.229 e. The zero-order valence-corrected chi connectivity index (χ0v) is 9.68. The molecule has 0 amide bonds. The van der Waals surface area contributed by atoms with Gasteiger partial charge in [-0.25, -0.2) is 8.42 Å². The zero-order valence-electron chi connectivity index (χ0n) is 8.87. The second kappa shape index (κ2) is 4.39. The molecule has 0 radical (unpaired) electrons. The third-order valence-electron chi connectivity index (χ3n) is 1.77. The van der Waals surface area contributed by atoms with Crippen LogP contribution in [0.4, 0.5) is 11.4 Å². The third-order valence-corrected chi connectivity index (χ3v) is 2.38. The number of hydrogen-bond acceptors (Lipinski definition) is 4. The molecule has 1 aromatic rings. The summed E-state index contributed by atoms with van der Waals surface area (Å²) in [5.41, 5.74) is 1.28. The zero-order chi connectivity index (χ0) is 11.5. The minimum Gasteiger partial charge on any atom is -0.495 e. The quantitative estimate of drug-likeness (QED) is 0.813. The van der Waals surface area contributed by atoms with E-state index in [2.05, 4.69) is 10.0 Å². The minimum atomic E-state index is -3.25. The number of nitrogens with one attached hydrogen (secondary N) is 2. The highest BCUT2D eigenvalue weighted by molar-refractivity contribution is 7.92. The summed E-state index contributed by atoms with van der Waals surface area (Å²) in [5, 5.41) is 2.93. The van der Waals surface area contributed by atoms with E-state index in [1.807, 2.05) is 0 Å². The van der Waals surface area contributed by atoms with Crippen molar-refractivity contribution in [1.82, 2.24) is 0 Å². The minimum absolute atomic E-state index is 0.480. The van der Waals surface area contributed by atoms with Crippen molar-refractivity contribution in [3.8, 4) is 5.75 Å². The molecule has 2 N–H and O–H groups in total. The number of methoxy groups -OCH3 is 1. The molecule has 0 bridgehead atoms. The van der Waals surface area contributed by atoms with Gasteiger partial charge in [-0.3, -0.25) is 4.72 Å². The Morgan fingerprint density at radius 1 is 1.33 bits per heavy atom. The lowest BCUT2D eigenvalue weighted by Crippen LogP contribution is -2.09. The summed E-state index contributed by atoms with van der Waals surface area (Å²) in [4.78, 5) is 0. The van der Waals surface area contributed by atoms with Crippen LogP contribution in [0.5, 0.6) is 5.75 Å². The summed E-state index contributed by atoms with van der Waals surface area (Å²) in [6, 6.07) is 5.02. The first-order valence-electron chi connectivity index (χ1n) is 4.30. The van der Waals surface area contributed by atoms with E-state index >= 15 is 0 Å². The van der Waals surface area contributed by atoms with Crippen molar-refractivity contribution in [2.45, 2.75) is 0 Å². The molecule has 0 atom stereocenters. The fraction of sp³-hybridized carbons (Fsp3) is 0.333. The Bertz CT molecular complexity index is 443. The molecule has 0 aliphatic heterocycles. The Hall–Kier alpha value is -1.43. The van der Waals surface area contributed by atoms with Gasteiger partial charge in [0.25, 0.3) is 0 Å². The largest absolute Gasteiger partial charge is 0.495 e. The molecule has 1 rings (SSSR count). The summed E-state index contributed by atoms with van der Waals surface area (Å²) in [6.07, 6.45) is 1.10. The van der Waals surface area contributed by atoms with Crippen LogP contribution in [0.2, 0.25) is 0 Å². The van der Waals surface area contributed by atoms with Gasteiger partial charge in [-0.2, -0.15) is 0 Å². The van der Waals surface area contributed by atoms with Crippen molar-refractivity contribution < 1.29 is 13.2 Å². The number of rotatable bonds is 4. The predicted molar refractivity (Wildman–Crippen MR) is 61.0 cm³/mol. The van der Waals surface area contributed by atoms with Crippen LogP contribution in [0.25, 0.3) is 0 Å². The summed E-state index contributed by atoms with van der Waals surface area (Å²) in [6.45, 7) is 0. The monoisotopic (exact) mass is 230 g/mol. The number of hydrogen-bond donors (Lipinski definition) is 2. The standard InChI is InChI=1S/C9H14N2O3S/c1-10-8-5-4-7(6-9(8)14-2)11-15(3,12)13/h4-6,10-11H,1-3H3. The van der Waals surface area contributed by atoms with Gasteiger partial charge in [0.15, 0.2) is 0 Å². The lowest BCUT2D eigenvalue weighted by Gasteiger charge is -2.10. The Morgan fingerprint density at radius 2 is 2.00 bits per heavy atom. The maximum atomic E-state index is 11.0. The van der Waals surface area contributed by atoms with Gasteiger partial charge in [-0.15, -0.1) is 0 Å². The molecule has 5 nitrogen and oxygen atoms in total. The molecule has 0 heterocycles. The van der Waals surface area contributed by atoms with Crippen molar-refractivity contribution in [2.24, 2.45) is 0 Å². The van der Waals surface area contributed by atoms with Crippen LogP contribution in [0.15, 0.2) is 18.2 Å². The Balaban J connectivity index is 3.03. The molecule has 0 aromatic heterocycles. The highest BCUT2D eigenvalue weighted by Crippen LogP contribution is 2.27. The van der Waals surface area contributed by atoms with E-state index in [0.717, 1.165) is 11.9 Å². The number of anilines is 2. The van der Waals surface area contributed by atoms with E-state index in [4.69, 9.17) is 4.74 Å². The van der Waals surface area contributed by atoms with Crippen LogP contribution in [0, 0.1) is 0 Å². The van der Waals surface area contributed by atoms with E-state index < -0.39 is 10.0 Å². The lowest BCUT2D eigenvalue weighted by molar-refractivity contribution is 0.417. The number of ether oxygens (including phenoxy) is 1.